The topological polar surface area (TPSA) is 115 Å². The normalized spacial score (nSPS) is 12.7. The predicted molar refractivity (Wildman–Crippen MR) is 73.7 cm³/mol. The van der Waals surface area contributed by atoms with Gasteiger partial charge in [-0.1, -0.05) is 12.2 Å². The molecule has 0 aromatic heterocycles. The van der Waals surface area contributed by atoms with E-state index >= 15 is 0 Å². The molecule has 1 amide bonds. The lowest BCUT2D eigenvalue weighted by molar-refractivity contribution is 0.100. The van der Waals surface area contributed by atoms with E-state index in [9.17, 15) is 13.2 Å². The highest BCUT2D eigenvalue weighted by molar-refractivity contribution is 7.95. The average molecular weight is 287 g/mol. The fourth-order valence-electron chi connectivity index (χ4n) is 1.11. The highest BCUT2D eigenvalue weighted by Crippen LogP contribution is 2.13. The van der Waals surface area contributed by atoms with Crippen molar-refractivity contribution in [3.8, 4) is 0 Å². The Balaban J connectivity index is 2.92. The van der Waals surface area contributed by atoms with Crippen LogP contribution in [0.1, 0.15) is 17.3 Å². The van der Waals surface area contributed by atoms with E-state index in [1.807, 2.05) is 0 Å². The lowest BCUT2D eigenvalue weighted by Crippen LogP contribution is -2.35. The van der Waals surface area contributed by atoms with E-state index < -0.39 is 21.2 Å². The summed E-state index contributed by atoms with van der Waals surface area (Å²) in [4.78, 5) is 10.7. The van der Waals surface area contributed by atoms with Gasteiger partial charge in [0.1, 0.15) is 5.25 Å². The minimum Gasteiger partial charge on any atom is -0.392 e. The Bertz CT molecular complexity index is 567. The van der Waals surface area contributed by atoms with Crippen LogP contribution in [0.25, 0.3) is 0 Å². The highest BCUT2D eigenvalue weighted by Gasteiger charge is 2.23. The summed E-state index contributed by atoms with van der Waals surface area (Å²) >= 11 is 4.63. The quantitative estimate of drug-likeness (QED) is 0.669. The number of primary amides is 1. The summed E-state index contributed by atoms with van der Waals surface area (Å²) in [6.45, 7) is 1.39. The molecule has 1 rings (SSSR count). The Hall–Kier alpha value is -1.67. The number of benzene rings is 1. The zero-order valence-electron chi connectivity index (χ0n) is 9.58. The molecular weight excluding hydrogens is 274 g/mol. The van der Waals surface area contributed by atoms with Crippen LogP contribution in [0.5, 0.6) is 0 Å². The van der Waals surface area contributed by atoms with Crippen molar-refractivity contribution in [1.82, 2.24) is 0 Å². The minimum atomic E-state index is -3.68. The third-order valence-corrected chi connectivity index (χ3v) is 4.50. The van der Waals surface area contributed by atoms with Crippen molar-refractivity contribution in [1.29, 1.82) is 0 Å². The maximum atomic E-state index is 11.8. The summed E-state index contributed by atoms with van der Waals surface area (Å²) in [5.74, 6) is -0.582. The zero-order chi connectivity index (χ0) is 13.9. The second-order valence-electron chi connectivity index (χ2n) is 3.63. The van der Waals surface area contributed by atoms with E-state index in [-0.39, 0.29) is 4.99 Å². The van der Waals surface area contributed by atoms with Crippen molar-refractivity contribution in [2.45, 2.75) is 12.2 Å². The van der Waals surface area contributed by atoms with E-state index in [2.05, 4.69) is 16.9 Å². The van der Waals surface area contributed by atoms with E-state index in [0.29, 0.717) is 11.3 Å². The molecule has 0 saturated heterocycles. The molecule has 0 saturated carbocycles. The zero-order valence-corrected chi connectivity index (χ0v) is 11.2. The van der Waals surface area contributed by atoms with Gasteiger partial charge in [0.25, 0.3) is 0 Å². The lowest BCUT2D eigenvalue weighted by Gasteiger charge is -2.13. The standard InChI is InChI=1S/C10H13N3O3S2/c1-6(10(12)17)18(15,16)13-8-4-2-7(3-5-8)9(11)14/h2-6,13H,1H3,(H2,11,14)(H2,12,17). The molecule has 6 nitrogen and oxygen atoms in total. The van der Waals surface area contributed by atoms with Gasteiger partial charge in [0.05, 0.1) is 4.99 Å². The number of anilines is 1. The number of hydrogen-bond donors (Lipinski definition) is 3. The van der Waals surface area contributed by atoms with Crippen molar-refractivity contribution >= 4 is 38.8 Å². The van der Waals surface area contributed by atoms with E-state index in [1.54, 1.807) is 0 Å². The number of carbonyl (C=O) groups excluding carboxylic acids is 1. The fourth-order valence-corrected chi connectivity index (χ4v) is 2.44. The Labute approximate surface area is 110 Å². The van der Waals surface area contributed by atoms with Crippen molar-refractivity contribution in [3.63, 3.8) is 0 Å². The summed E-state index contributed by atoms with van der Waals surface area (Å²) in [7, 11) is -3.68. The summed E-state index contributed by atoms with van der Waals surface area (Å²) in [6.07, 6.45) is 0. The number of sulfonamides is 1. The maximum absolute atomic E-state index is 11.8. The molecule has 1 aromatic rings. The van der Waals surface area contributed by atoms with Crippen molar-refractivity contribution in [2.24, 2.45) is 11.5 Å². The first kappa shape index (κ1) is 14.4. The Morgan fingerprint density at radius 2 is 1.78 bits per heavy atom. The summed E-state index contributed by atoms with van der Waals surface area (Å²) < 4.78 is 25.9. The van der Waals surface area contributed by atoms with Crippen molar-refractivity contribution < 1.29 is 13.2 Å². The van der Waals surface area contributed by atoms with Gasteiger partial charge in [-0.05, 0) is 31.2 Å². The molecule has 0 aliphatic rings. The molecule has 1 unspecified atom stereocenters. The van der Waals surface area contributed by atoms with Crippen LogP contribution in [0.2, 0.25) is 0 Å². The van der Waals surface area contributed by atoms with Gasteiger partial charge < -0.3 is 11.5 Å². The van der Waals surface area contributed by atoms with Gasteiger partial charge >= 0.3 is 0 Å². The van der Waals surface area contributed by atoms with Crippen LogP contribution in [0, 0.1) is 0 Å². The maximum Gasteiger partial charge on any atom is 0.248 e. The van der Waals surface area contributed by atoms with Crippen molar-refractivity contribution in [2.75, 3.05) is 4.72 Å². The van der Waals surface area contributed by atoms with E-state index in [0.717, 1.165) is 0 Å². The lowest BCUT2D eigenvalue weighted by atomic mass is 10.2. The van der Waals surface area contributed by atoms with Gasteiger partial charge in [0.2, 0.25) is 15.9 Å². The largest absolute Gasteiger partial charge is 0.392 e. The number of amides is 1. The number of hydrogen-bond acceptors (Lipinski definition) is 4. The predicted octanol–water partition coefficient (Wildman–Crippen LogP) is 0.202. The first-order chi connectivity index (χ1) is 8.24. The number of rotatable bonds is 5. The van der Waals surface area contributed by atoms with Crippen LogP contribution >= 0.6 is 12.2 Å². The molecule has 1 aromatic carbocycles. The van der Waals surface area contributed by atoms with Gasteiger partial charge in [0.15, 0.2) is 0 Å². The van der Waals surface area contributed by atoms with Crippen LogP contribution in [0.3, 0.4) is 0 Å². The van der Waals surface area contributed by atoms with Crippen LogP contribution in [-0.2, 0) is 10.0 Å². The van der Waals surface area contributed by atoms with Gasteiger partial charge in [-0.25, -0.2) is 8.42 Å². The molecule has 0 aliphatic carbocycles. The third kappa shape index (κ3) is 3.41. The molecule has 98 valence electrons. The average Bonchev–Trinajstić information content (AvgIpc) is 2.28. The molecule has 0 spiro atoms. The van der Waals surface area contributed by atoms with Crippen LogP contribution in [0.4, 0.5) is 5.69 Å². The second kappa shape index (κ2) is 5.32. The highest BCUT2D eigenvalue weighted by atomic mass is 32.2. The SMILES string of the molecule is CC(C(N)=S)S(=O)(=O)Nc1ccc(C(N)=O)cc1. The third-order valence-electron chi connectivity index (χ3n) is 2.30. The Kier molecular flexibility index (Phi) is 4.25. The molecule has 0 heterocycles. The smallest absolute Gasteiger partial charge is 0.248 e. The Morgan fingerprint density at radius 3 is 2.17 bits per heavy atom. The van der Waals surface area contributed by atoms with Crippen LogP contribution in [0.15, 0.2) is 24.3 Å². The first-order valence-corrected chi connectivity index (χ1v) is 6.90. The number of nitrogens with one attached hydrogen (secondary N) is 1. The monoisotopic (exact) mass is 287 g/mol. The van der Waals surface area contributed by atoms with Gasteiger partial charge in [-0.15, -0.1) is 0 Å². The molecule has 0 aliphatic heterocycles. The fraction of sp³-hybridized carbons (Fsp3) is 0.200. The van der Waals surface area contributed by atoms with E-state index in [4.69, 9.17) is 11.5 Å². The number of carbonyl (C=O) groups is 1. The summed E-state index contributed by atoms with van der Waals surface area (Å²) in [5, 5.41) is -0.983. The second-order valence-corrected chi connectivity index (χ2v) is 6.11. The summed E-state index contributed by atoms with van der Waals surface area (Å²) in [6, 6.07) is 5.71. The van der Waals surface area contributed by atoms with Gasteiger partial charge in [0, 0.05) is 11.3 Å². The molecule has 8 heteroatoms. The van der Waals surface area contributed by atoms with Gasteiger partial charge in [-0.3, -0.25) is 9.52 Å². The first-order valence-electron chi connectivity index (χ1n) is 4.95. The molecule has 0 fully saturated rings. The minimum absolute atomic E-state index is 0.115. The molecular formula is C10H13N3O3S2. The Morgan fingerprint density at radius 1 is 1.28 bits per heavy atom. The molecule has 18 heavy (non-hydrogen) atoms. The van der Waals surface area contributed by atoms with Crippen LogP contribution < -0.4 is 16.2 Å². The molecule has 1 atom stereocenters. The van der Waals surface area contributed by atoms with Gasteiger partial charge in [-0.2, -0.15) is 0 Å². The summed E-state index contributed by atoms with van der Waals surface area (Å²) in [5.41, 5.74) is 11.0. The molecule has 0 bridgehead atoms. The van der Waals surface area contributed by atoms with Crippen molar-refractivity contribution in [3.05, 3.63) is 29.8 Å². The number of nitrogens with two attached hydrogens (primary N) is 2. The van der Waals surface area contributed by atoms with Crippen LogP contribution in [-0.4, -0.2) is 24.6 Å². The molecule has 0 radical (unpaired) electrons. The van der Waals surface area contributed by atoms with E-state index in [1.165, 1.54) is 31.2 Å². The number of thiocarbonyl (C=S) groups is 1. The molecule has 5 N–H and O–H groups in total.